The summed E-state index contributed by atoms with van der Waals surface area (Å²) in [5.41, 5.74) is 6.17. The van der Waals surface area contributed by atoms with Crippen molar-refractivity contribution < 1.29 is 14.6 Å². The molecule has 0 bridgehead atoms. The van der Waals surface area contributed by atoms with E-state index in [1.807, 2.05) is 12.1 Å². The number of rotatable bonds is 4. The van der Waals surface area contributed by atoms with Crippen LogP contribution in [0.15, 0.2) is 36.5 Å². The molecule has 1 aromatic heterocycles. The summed E-state index contributed by atoms with van der Waals surface area (Å²) in [6.07, 6.45) is 1.69. The number of pyridine rings is 1. The van der Waals surface area contributed by atoms with Crippen molar-refractivity contribution >= 4 is 16.9 Å². The van der Waals surface area contributed by atoms with Crippen LogP contribution in [-0.4, -0.2) is 28.7 Å². The lowest BCUT2D eigenvalue weighted by molar-refractivity contribution is -0.139. The molecule has 1 atom stereocenters. The van der Waals surface area contributed by atoms with Crippen molar-refractivity contribution in [1.29, 1.82) is 0 Å². The zero-order valence-electron chi connectivity index (χ0n) is 9.04. The maximum atomic E-state index is 10.6. The summed E-state index contributed by atoms with van der Waals surface area (Å²) in [7, 11) is 0. The van der Waals surface area contributed by atoms with Gasteiger partial charge < -0.3 is 15.6 Å². The molecule has 0 radical (unpaired) electrons. The normalized spacial score (nSPS) is 12.3. The molecule has 3 N–H and O–H groups in total. The van der Waals surface area contributed by atoms with Crippen molar-refractivity contribution in [3.63, 3.8) is 0 Å². The highest BCUT2D eigenvalue weighted by Crippen LogP contribution is 2.23. The van der Waals surface area contributed by atoms with Crippen LogP contribution in [0.25, 0.3) is 10.9 Å². The smallest absolute Gasteiger partial charge is 0.324 e. The molecule has 0 spiro atoms. The average Bonchev–Trinajstić information content (AvgIpc) is 2.35. The van der Waals surface area contributed by atoms with Crippen LogP contribution >= 0.6 is 0 Å². The quantitative estimate of drug-likeness (QED) is 0.822. The van der Waals surface area contributed by atoms with Gasteiger partial charge in [-0.2, -0.15) is 0 Å². The lowest BCUT2D eigenvalue weighted by Gasteiger charge is -2.11. The Morgan fingerprint density at radius 3 is 3.00 bits per heavy atom. The molecule has 1 heterocycles. The number of carbonyl (C=O) groups is 1. The maximum Gasteiger partial charge on any atom is 0.324 e. The fourth-order valence-corrected chi connectivity index (χ4v) is 1.45. The summed E-state index contributed by atoms with van der Waals surface area (Å²) in [6, 6.07) is 8.06. The molecule has 1 aromatic carbocycles. The molecule has 2 aromatic rings. The minimum absolute atomic E-state index is 0.0661. The standard InChI is InChI=1S/C12H12N2O3/c13-9(12(15)16)7-17-11-5-1-4-10-8(11)3-2-6-14-10/h1-6,9H,7,13H2,(H,15,16). The molecule has 0 aliphatic rings. The number of nitrogens with two attached hydrogens (primary N) is 1. The molecule has 1 unspecified atom stereocenters. The fourth-order valence-electron chi connectivity index (χ4n) is 1.45. The van der Waals surface area contributed by atoms with E-state index in [9.17, 15) is 4.79 Å². The van der Waals surface area contributed by atoms with Gasteiger partial charge in [0.05, 0.1) is 5.52 Å². The van der Waals surface area contributed by atoms with Gasteiger partial charge in [-0.3, -0.25) is 9.78 Å². The van der Waals surface area contributed by atoms with Crippen molar-refractivity contribution in [2.75, 3.05) is 6.61 Å². The Balaban J connectivity index is 2.21. The van der Waals surface area contributed by atoms with Crippen LogP contribution < -0.4 is 10.5 Å². The first-order valence-corrected chi connectivity index (χ1v) is 5.13. The molecule has 0 aliphatic heterocycles. The van der Waals surface area contributed by atoms with Crippen LogP contribution in [0.3, 0.4) is 0 Å². The number of aliphatic carboxylic acids is 1. The summed E-state index contributed by atoms with van der Waals surface area (Å²) in [5.74, 6) is -0.490. The summed E-state index contributed by atoms with van der Waals surface area (Å²) in [6.45, 7) is -0.0661. The lowest BCUT2D eigenvalue weighted by atomic mass is 10.2. The first-order valence-electron chi connectivity index (χ1n) is 5.13. The maximum absolute atomic E-state index is 10.6. The zero-order valence-corrected chi connectivity index (χ0v) is 9.04. The largest absolute Gasteiger partial charge is 0.491 e. The number of hydrogen-bond donors (Lipinski definition) is 2. The van der Waals surface area contributed by atoms with Crippen LogP contribution in [0.5, 0.6) is 5.75 Å². The van der Waals surface area contributed by atoms with Gasteiger partial charge in [-0.15, -0.1) is 0 Å². The molecule has 0 saturated heterocycles. The van der Waals surface area contributed by atoms with E-state index >= 15 is 0 Å². The molecule has 5 heteroatoms. The van der Waals surface area contributed by atoms with Gasteiger partial charge in [0, 0.05) is 11.6 Å². The molecule has 17 heavy (non-hydrogen) atoms. The van der Waals surface area contributed by atoms with Crippen molar-refractivity contribution in [2.24, 2.45) is 5.73 Å². The number of carboxylic acid groups (broad SMARTS) is 1. The van der Waals surface area contributed by atoms with Crippen molar-refractivity contribution in [3.05, 3.63) is 36.5 Å². The SMILES string of the molecule is NC(COc1cccc2ncccc12)C(=O)O. The molecule has 0 fully saturated rings. The molecule has 88 valence electrons. The first kappa shape index (κ1) is 11.3. The highest BCUT2D eigenvalue weighted by molar-refractivity contribution is 5.84. The van der Waals surface area contributed by atoms with Gasteiger partial charge in [0.1, 0.15) is 18.4 Å². The number of fused-ring (bicyclic) bond motifs is 1. The third-order valence-corrected chi connectivity index (χ3v) is 2.34. The lowest BCUT2D eigenvalue weighted by Crippen LogP contribution is -2.36. The van der Waals surface area contributed by atoms with Gasteiger partial charge in [-0.25, -0.2) is 0 Å². The van der Waals surface area contributed by atoms with E-state index < -0.39 is 12.0 Å². The first-order chi connectivity index (χ1) is 8.18. The van der Waals surface area contributed by atoms with Gasteiger partial charge in [0.25, 0.3) is 0 Å². The Bertz CT molecular complexity index is 537. The third-order valence-electron chi connectivity index (χ3n) is 2.34. The Morgan fingerprint density at radius 2 is 2.24 bits per heavy atom. The predicted molar refractivity (Wildman–Crippen MR) is 62.8 cm³/mol. The highest BCUT2D eigenvalue weighted by atomic mass is 16.5. The zero-order chi connectivity index (χ0) is 12.3. The number of aromatic nitrogens is 1. The minimum atomic E-state index is -1.08. The van der Waals surface area contributed by atoms with Crippen molar-refractivity contribution in [1.82, 2.24) is 4.98 Å². The molecular weight excluding hydrogens is 220 g/mol. The number of ether oxygens (including phenoxy) is 1. The molecule has 0 aliphatic carbocycles. The second-order valence-electron chi connectivity index (χ2n) is 3.58. The molecular formula is C12H12N2O3. The summed E-state index contributed by atoms with van der Waals surface area (Å²) < 4.78 is 5.40. The van der Waals surface area contributed by atoms with E-state index in [0.29, 0.717) is 5.75 Å². The number of nitrogens with zero attached hydrogens (tertiary/aromatic N) is 1. The van der Waals surface area contributed by atoms with E-state index in [4.69, 9.17) is 15.6 Å². The molecule has 5 nitrogen and oxygen atoms in total. The van der Waals surface area contributed by atoms with Gasteiger partial charge in [0.2, 0.25) is 0 Å². The number of hydrogen-bond acceptors (Lipinski definition) is 4. The van der Waals surface area contributed by atoms with Crippen LogP contribution in [0.1, 0.15) is 0 Å². The van der Waals surface area contributed by atoms with E-state index in [0.717, 1.165) is 10.9 Å². The molecule has 2 rings (SSSR count). The van der Waals surface area contributed by atoms with E-state index in [1.165, 1.54) is 0 Å². The van der Waals surface area contributed by atoms with Crippen molar-refractivity contribution in [3.8, 4) is 5.75 Å². The van der Waals surface area contributed by atoms with Crippen LogP contribution in [0.2, 0.25) is 0 Å². The molecule has 0 saturated carbocycles. The van der Waals surface area contributed by atoms with Crippen LogP contribution in [0, 0.1) is 0 Å². The summed E-state index contributed by atoms with van der Waals surface area (Å²) in [5, 5.41) is 9.50. The predicted octanol–water partition coefficient (Wildman–Crippen LogP) is 1.03. The van der Waals surface area contributed by atoms with Gasteiger partial charge in [0.15, 0.2) is 0 Å². The van der Waals surface area contributed by atoms with E-state index in [-0.39, 0.29) is 6.61 Å². The second kappa shape index (κ2) is 4.80. The Hall–Kier alpha value is -2.14. The van der Waals surface area contributed by atoms with E-state index in [2.05, 4.69) is 4.98 Å². The van der Waals surface area contributed by atoms with Gasteiger partial charge in [-0.05, 0) is 24.3 Å². The fraction of sp³-hybridized carbons (Fsp3) is 0.167. The summed E-state index contributed by atoms with van der Waals surface area (Å²) in [4.78, 5) is 14.7. The third kappa shape index (κ3) is 2.51. The molecule has 0 amide bonds. The van der Waals surface area contributed by atoms with Crippen LogP contribution in [-0.2, 0) is 4.79 Å². The number of carboxylic acids is 1. The number of benzene rings is 1. The van der Waals surface area contributed by atoms with Gasteiger partial charge >= 0.3 is 5.97 Å². The Labute approximate surface area is 97.8 Å². The minimum Gasteiger partial charge on any atom is -0.491 e. The Morgan fingerprint density at radius 1 is 1.41 bits per heavy atom. The summed E-state index contributed by atoms with van der Waals surface area (Å²) >= 11 is 0. The second-order valence-corrected chi connectivity index (χ2v) is 3.58. The average molecular weight is 232 g/mol. The van der Waals surface area contributed by atoms with Crippen molar-refractivity contribution in [2.45, 2.75) is 6.04 Å². The topological polar surface area (TPSA) is 85.4 Å². The van der Waals surface area contributed by atoms with E-state index in [1.54, 1.807) is 24.4 Å². The monoisotopic (exact) mass is 232 g/mol. The highest BCUT2D eigenvalue weighted by Gasteiger charge is 2.12. The Kier molecular flexibility index (Phi) is 3.20. The van der Waals surface area contributed by atoms with Gasteiger partial charge in [-0.1, -0.05) is 6.07 Å². The van der Waals surface area contributed by atoms with Crippen LogP contribution in [0.4, 0.5) is 0 Å².